The Morgan fingerprint density at radius 2 is 2.05 bits per heavy atom. The van der Waals surface area contributed by atoms with Gasteiger partial charge in [-0.3, -0.25) is 4.79 Å². The molecule has 116 valence electrons. The van der Waals surface area contributed by atoms with E-state index >= 15 is 0 Å². The maximum Gasteiger partial charge on any atom is 0.320 e. The minimum atomic E-state index is -1.02. The zero-order valence-corrected chi connectivity index (χ0v) is 14.1. The number of carbonyl (C=O) groups is 1. The smallest absolute Gasteiger partial charge is 0.320 e. The van der Waals surface area contributed by atoms with Crippen LogP contribution in [-0.2, 0) is 11.2 Å². The summed E-state index contributed by atoms with van der Waals surface area (Å²) in [5.41, 5.74) is 7.27. The molecular formula is C16H16INO4. The topological polar surface area (TPSA) is 92.8 Å². The van der Waals surface area contributed by atoms with Crippen LogP contribution >= 0.6 is 22.6 Å². The molecule has 0 aliphatic rings. The van der Waals surface area contributed by atoms with Crippen molar-refractivity contribution >= 4 is 28.6 Å². The fourth-order valence-corrected chi connectivity index (χ4v) is 2.46. The summed E-state index contributed by atoms with van der Waals surface area (Å²) >= 11 is 2.03. The van der Waals surface area contributed by atoms with Gasteiger partial charge in [-0.05, 0) is 71.3 Å². The van der Waals surface area contributed by atoms with Crippen LogP contribution in [0, 0.1) is 10.5 Å². The van der Waals surface area contributed by atoms with Gasteiger partial charge in [-0.25, -0.2) is 0 Å². The monoisotopic (exact) mass is 413 g/mol. The van der Waals surface area contributed by atoms with Crippen molar-refractivity contribution in [3.8, 4) is 17.2 Å². The Labute approximate surface area is 141 Å². The van der Waals surface area contributed by atoms with Crippen LogP contribution < -0.4 is 10.5 Å². The lowest BCUT2D eigenvalue weighted by molar-refractivity contribution is -0.138. The largest absolute Gasteiger partial charge is 0.507 e. The maximum absolute atomic E-state index is 10.8. The molecule has 1 atom stereocenters. The van der Waals surface area contributed by atoms with E-state index in [-0.39, 0.29) is 12.2 Å². The lowest BCUT2D eigenvalue weighted by Gasteiger charge is -2.12. The molecule has 4 N–H and O–H groups in total. The van der Waals surface area contributed by atoms with Gasteiger partial charge in [0.15, 0.2) is 0 Å². The summed E-state index contributed by atoms with van der Waals surface area (Å²) in [6, 6.07) is 9.55. The van der Waals surface area contributed by atoms with Gasteiger partial charge in [0.05, 0.1) is 3.57 Å². The number of carboxylic acids is 1. The number of carboxylic acid groups (broad SMARTS) is 1. The second-order valence-corrected chi connectivity index (χ2v) is 6.13. The Morgan fingerprint density at radius 3 is 2.64 bits per heavy atom. The second kappa shape index (κ2) is 6.97. The average Bonchev–Trinajstić information content (AvgIpc) is 2.45. The first-order valence-electron chi connectivity index (χ1n) is 6.61. The van der Waals surface area contributed by atoms with E-state index < -0.39 is 12.0 Å². The first-order valence-corrected chi connectivity index (χ1v) is 7.69. The normalized spacial score (nSPS) is 12.0. The molecule has 22 heavy (non-hydrogen) atoms. The van der Waals surface area contributed by atoms with Gasteiger partial charge in [-0.1, -0.05) is 12.1 Å². The van der Waals surface area contributed by atoms with Crippen LogP contribution in [0.15, 0.2) is 36.4 Å². The van der Waals surface area contributed by atoms with Gasteiger partial charge >= 0.3 is 5.97 Å². The van der Waals surface area contributed by atoms with E-state index in [0.717, 1.165) is 11.1 Å². The number of hydrogen-bond acceptors (Lipinski definition) is 4. The molecule has 0 aliphatic carbocycles. The van der Waals surface area contributed by atoms with Crippen molar-refractivity contribution in [3.63, 3.8) is 0 Å². The summed E-state index contributed by atoms with van der Waals surface area (Å²) in [6.45, 7) is 1.89. The first kappa shape index (κ1) is 16.6. The van der Waals surface area contributed by atoms with Crippen molar-refractivity contribution in [2.24, 2.45) is 5.73 Å². The SMILES string of the molecule is Cc1cc(C[C@H](N)C(=O)O)ccc1Oc1ccc(O)c(I)c1. The molecule has 6 heteroatoms. The predicted octanol–water partition coefficient (Wildman–Crippen LogP) is 3.05. The molecule has 0 radical (unpaired) electrons. The van der Waals surface area contributed by atoms with Crippen LogP contribution in [0.5, 0.6) is 17.2 Å². The van der Waals surface area contributed by atoms with Crippen molar-refractivity contribution in [2.75, 3.05) is 0 Å². The summed E-state index contributed by atoms with van der Waals surface area (Å²) < 4.78 is 6.49. The quantitative estimate of drug-likeness (QED) is 0.656. The van der Waals surface area contributed by atoms with Crippen LogP contribution in [0.2, 0.25) is 0 Å². The number of phenols is 1. The van der Waals surface area contributed by atoms with Crippen molar-refractivity contribution < 1.29 is 19.7 Å². The third-order valence-corrected chi connectivity index (χ3v) is 4.02. The molecule has 0 saturated carbocycles. The number of benzene rings is 2. The highest BCUT2D eigenvalue weighted by Crippen LogP contribution is 2.30. The number of aromatic hydroxyl groups is 1. The van der Waals surface area contributed by atoms with Crippen LogP contribution in [0.3, 0.4) is 0 Å². The Bertz CT molecular complexity index is 703. The number of phenolic OH excluding ortho intramolecular Hbond substituents is 1. The molecule has 0 bridgehead atoms. The van der Waals surface area contributed by atoms with Crippen LogP contribution in [0.1, 0.15) is 11.1 Å². The molecule has 0 unspecified atom stereocenters. The van der Waals surface area contributed by atoms with Gasteiger partial charge in [-0.2, -0.15) is 0 Å². The number of nitrogens with two attached hydrogens (primary N) is 1. The Balaban J connectivity index is 2.15. The van der Waals surface area contributed by atoms with Gasteiger partial charge in [0, 0.05) is 0 Å². The highest BCUT2D eigenvalue weighted by atomic mass is 127. The van der Waals surface area contributed by atoms with Gasteiger partial charge < -0.3 is 20.7 Å². The van der Waals surface area contributed by atoms with Crippen LogP contribution in [0.4, 0.5) is 0 Å². The van der Waals surface area contributed by atoms with Crippen molar-refractivity contribution in [2.45, 2.75) is 19.4 Å². The zero-order valence-electron chi connectivity index (χ0n) is 11.9. The van der Waals surface area contributed by atoms with E-state index in [1.54, 1.807) is 30.3 Å². The minimum Gasteiger partial charge on any atom is -0.507 e. The molecule has 2 rings (SSSR count). The third-order valence-electron chi connectivity index (χ3n) is 3.16. The molecule has 0 aliphatic heterocycles. The molecule has 2 aromatic rings. The van der Waals surface area contributed by atoms with E-state index in [1.165, 1.54) is 0 Å². The Hall–Kier alpha value is -1.80. The summed E-state index contributed by atoms with van der Waals surface area (Å²) in [4.78, 5) is 10.8. The molecule has 0 amide bonds. The second-order valence-electron chi connectivity index (χ2n) is 4.96. The van der Waals surface area contributed by atoms with Crippen LogP contribution in [-0.4, -0.2) is 22.2 Å². The average molecular weight is 413 g/mol. The highest BCUT2D eigenvalue weighted by Gasteiger charge is 2.13. The Morgan fingerprint density at radius 1 is 1.32 bits per heavy atom. The number of aryl methyl sites for hydroxylation is 1. The standard InChI is InChI=1S/C16H16INO4/c1-9-6-10(7-13(18)16(20)21)2-5-15(9)22-11-3-4-14(19)12(17)8-11/h2-6,8,13,19H,7,18H2,1H3,(H,20,21)/t13-/m0/s1. The van der Waals surface area contributed by atoms with E-state index in [2.05, 4.69) is 0 Å². The van der Waals surface area contributed by atoms with E-state index in [9.17, 15) is 9.90 Å². The Kier molecular flexibility index (Phi) is 5.25. The van der Waals surface area contributed by atoms with E-state index in [1.807, 2.05) is 35.6 Å². The minimum absolute atomic E-state index is 0.211. The number of halogens is 1. The number of aliphatic carboxylic acids is 1. The lowest BCUT2D eigenvalue weighted by atomic mass is 10.0. The third kappa shape index (κ3) is 4.11. The van der Waals surface area contributed by atoms with Crippen molar-refractivity contribution in [1.29, 1.82) is 0 Å². The fourth-order valence-electron chi connectivity index (χ4n) is 1.97. The van der Waals surface area contributed by atoms with Crippen molar-refractivity contribution in [3.05, 3.63) is 51.1 Å². The summed E-state index contributed by atoms with van der Waals surface area (Å²) in [5, 5.41) is 18.3. The van der Waals surface area contributed by atoms with E-state index in [4.69, 9.17) is 15.6 Å². The molecule has 0 fully saturated rings. The highest BCUT2D eigenvalue weighted by molar-refractivity contribution is 14.1. The van der Waals surface area contributed by atoms with Crippen molar-refractivity contribution in [1.82, 2.24) is 0 Å². The summed E-state index contributed by atoms with van der Waals surface area (Å²) in [7, 11) is 0. The molecule has 5 nitrogen and oxygen atoms in total. The number of hydrogen-bond donors (Lipinski definition) is 3. The first-order chi connectivity index (χ1) is 10.4. The molecule has 0 aromatic heterocycles. The molecule has 0 saturated heterocycles. The van der Waals surface area contributed by atoms with Gasteiger partial charge in [0.1, 0.15) is 23.3 Å². The molecule has 0 spiro atoms. The van der Waals surface area contributed by atoms with Gasteiger partial charge in [-0.15, -0.1) is 0 Å². The molecular weight excluding hydrogens is 397 g/mol. The maximum atomic E-state index is 10.8. The molecule has 0 heterocycles. The lowest BCUT2D eigenvalue weighted by Crippen LogP contribution is -2.32. The molecule has 2 aromatic carbocycles. The number of rotatable bonds is 5. The fraction of sp³-hybridized carbons (Fsp3) is 0.188. The van der Waals surface area contributed by atoms with E-state index in [0.29, 0.717) is 15.1 Å². The van der Waals surface area contributed by atoms with Gasteiger partial charge in [0.2, 0.25) is 0 Å². The summed E-state index contributed by atoms with van der Waals surface area (Å²) in [6.07, 6.45) is 0.271. The summed E-state index contributed by atoms with van der Waals surface area (Å²) in [5.74, 6) is 0.494. The predicted molar refractivity (Wildman–Crippen MR) is 91.4 cm³/mol. The van der Waals surface area contributed by atoms with Crippen LogP contribution in [0.25, 0.3) is 0 Å². The zero-order chi connectivity index (χ0) is 16.3. The van der Waals surface area contributed by atoms with Gasteiger partial charge in [0.25, 0.3) is 0 Å². The number of ether oxygens (including phenoxy) is 1.